The van der Waals surface area contributed by atoms with Crippen LogP contribution in [-0.4, -0.2) is 21.1 Å². The molecule has 1 aliphatic rings. The van der Waals surface area contributed by atoms with Crippen LogP contribution < -0.4 is 4.74 Å². The van der Waals surface area contributed by atoms with Gasteiger partial charge in [-0.25, -0.2) is 9.37 Å². The molecule has 1 aliphatic heterocycles. The molecule has 3 aromatic carbocycles. The zero-order chi connectivity index (χ0) is 24.0. The fourth-order valence-corrected chi connectivity index (χ4v) is 4.80. The molecule has 0 N–H and O–H groups in total. The number of fused-ring (bicyclic) bond motifs is 1. The number of aromatic nitrogens is 2. The first-order chi connectivity index (χ1) is 17.2. The average Bonchev–Trinajstić information content (AvgIpc) is 3.50. The van der Waals surface area contributed by atoms with E-state index in [-0.39, 0.29) is 5.82 Å². The summed E-state index contributed by atoms with van der Waals surface area (Å²) in [5.41, 5.74) is 5.83. The minimum atomic E-state index is -0.236. The van der Waals surface area contributed by atoms with Gasteiger partial charge in [-0.15, -0.1) is 0 Å². The molecule has 0 radical (unpaired) electrons. The van der Waals surface area contributed by atoms with Crippen molar-refractivity contribution in [1.82, 2.24) is 14.5 Å². The molecule has 5 heteroatoms. The molecule has 0 saturated carbocycles. The van der Waals surface area contributed by atoms with Gasteiger partial charge in [0.1, 0.15) is 17.4 Å². The Bertz CT molecular complexity index is 1270. The molecule has 0 unspecified atom stereocenters. The highest BCUT2D eigenvalue weighted by Gasteiger charge is 2.18. The van der Waals surface area contributed by atoms with E-state index in [0.717, 1.165) is 74.9 Å². The highest BCUT2D eigenvalue weighted by Crippen LogP contribution is 2.28. The molecular formula is C30H32FN3O. The molecule has 0 fully saturated rings. The van der Waals surface area contributed by atoms with Gasteiger partial charge in [0.05, 0.1) is 18.5 Å². The maximum Gasteiger partial charge on any atom is 0.140 e. The molecule has 5 rings (SSSR count). The summed E-state index contributed by atoms with van der Waals surface area (Å²) in [6, 6.07) is 23.9. The SMILES string of the molecule is CCCCn1c(CN(Cc2ccccc2)Cc2ccc3c(c2)CCO3)cnc1-c1cccc(F)c1. The predicted molar refractivity (Wildman–Crippen MR) is 138 cm³/mol. The number of halogens is 1. The van der Waals surface area contributed by atoms with E-state index in [0.29, 0.717) is 0 Å². The first-order valence-electron chi connectivity index (χ1n) is 12.5. The minimum Gasteiger partial charge on any atom is -0.493 e. The number of unbranched alkanes of at least 4 members (excludes halogenated alkanes) is 1. The largest absolute Gasteiger partial charge is 0.493 e. The number of imidazole rings is 1. The Kier molecular flexibility index (Phi) is 7.24. The zero-order valence-corrected chi connectivity index (χ0v) is 20.3. The summed E-state index contributed by atoms with van der Waals surface area (Å²) in [4.78, 5) is 7.21. The van der Waals surface area contributed by atoms with Gasteiger partial charge in [-0.1, -0.05) is 67.9 Å². The van der Waals surface area contributed by atoms with Gasteiger partial charge in [-0.05, 0) is 41.3 Å². The van der Waals surface area contributed by atoms with E-state index < -0.39 is 0 Å². The Morgan fingerprint density at radius 1 is 0.943 bits per heavy atom. The summed E-state index contributed by atoms with van der Waals surface area (Å²) in [6.07, 6.45) is 5.08. The number of hydrogen-bond donors (Lipinski definition) is 0. The van der Waals surface area contributed by atoms with Gasteiger partial charge in [-0.3, -0.25) is 4.90 Å². The van der Waals surface area contributed by atoms with E-state index >= 15 is 0 Å². The van der Waals surface area contributed by atoms with Gasteiger partial charge >= 0.3 is 0 Å². The van der Waals surface area contributed by atoms with Crippen molar-refractivity contribution in [3.8, 4) is 17.1 Å². The zero-order valence-electron chi connectivity index (χ0n) is 20.3. The lowest BCUT2D eigenvalue weighted by Gasteiger charge is -2.24. The van der Waals surface area contributed by atoms with Crippen molar-refractivity contribution in [3.05, 3.63) is 107 Å². The van der Waals surface area contributed by atoms with Crippen LogP contribution in [0.5, 0.6) is 5.75 Å². The van der Waals surface area contributed by atoms with Crippen LogP contribution in [0.1, 0.15) is 42.1 Å². The summed E-state index contributed by atoms with van der Waals surface area (Å²) in [5.74, 6) is 1.61. The second kappa shape index (κ2) is 10.9. The maximum atomic E-state index is 14.0. The standard InChI is InChI=1S/C30H32FN3O/c1-2-3-15-34-28(19-32-30(34)26-10-7-11-27(31)18-26)22-33(20-23-8-5-4-6-9-23)21-24-12-13-29-25(17-24)14-16-35-29/h4-13,17-19H,2-3,14-16,20-22H2,1H3. The molecule has 4 nitrogen and oxygen atoms in total. The van der Waals surface area contributed by atoms with Crippen LogP contribution in [0.25, 0.3) is 11.4 Å². The van der Waals surface area contributed by atoms with E-state index in [1.54, 1.807) is 12.1 Å². The van der Waals surface area contributed by atoms with Crippen LogP contribution in [0, 0.1) is 5.82 Å². The Morgan fingerprint density at radius 2 is 1.80 bits per heavy atom. The van der Waals surface area contributed by atoms with Crippen molar-refractivity contribution < 1.29 is 9.13 Å². The van der Waals surface area contributed by atoms with Crippen molar-refractivity contribution >= 4 is 0 Å². The van der Waals surface area contributed by atoms with E-state index in [9.17, 15) is 4.39 Å². The summed E-state index contributed by atoms with van der Waals surface area (Å²) in [5, 5.41) is 0. The highest BCUT2D eigenvalue weighted by atomic mass is 19.1. The van der Waals surface area contributed by atoms with Crippen LogP contribution in [-0.2, 0) is 32.6 Å². The fraction of sp³-hybridized carbons (Fsp3) is 0.300. The fourth-order valence-electron chi connectivity index (χ4n) is 4.80. The molecule has 0 aliphatic carbocycles. The molecule has 0 saturated heterocycles. The highest BCUT2D eigenvalue weighted by molar-refractivity contribution is 5.56. The number of ether oxygens (including phenoxy) is 1. The Hall–Kier alpha value is -3.44. The molecular weight excluding hydrogens is 437 g/mol. The average molecular weight is 470 g/mol. The molecule has 0 spiro atoms. The first kappa shape index (κ1) is 23.3. The third kappa shape index (κ3) is 5.63. The summed E-state index contributed by atoms with van der Waals surface area (Å²) < 4.78 is 22.0. The Balaban J connectivity index is 1.45. The molecule has 1 aromatic heterocycles. The van der Waals surface area contributed by atoms with Gasteiger partial charge in [0.2, 0.25) is 0 Å². The van der Waals surface area contributed by atoms with Crippen molar-refractivity contribution in [2.24, 2.45) is 0 Å². The lowest BCUT2D eigenvalue weighted by Crippen LogP contribution is -2.24. The quantitative estimate of drug-likeness (QED) is 0.261. The van der Waals surface area contributed by atoms with Crippen LogP contribution >= 0.6 is 0 Å². The molecule has 0 bridgehead atoms. The monoisotopic (exact) mass is 469 g/mol. The Morgan fingerprint density at radius 3 is 2.63 bits per heavy atom. The number of hydrogen-bond acceptors (Lipinski definition) is 3. The molecule has 0 atom stereocenters. The third-order valence-electron chi connectivity index (χ3n) is 6.55. The van der Waals surface area contributed by atoms with Gasteiger partial charge in [-0.2, -0.15) is 0 Å². The van der Waals surface area contributed by atoms with E-state index in [1.165, 1.54) is 22.8 Å². The lowest BCUT2D eigenvalue weighted by molar-refractivity contribution is 0.241. The van der Waals surface area contributed by atoms with Gasteiger partial charge in [0.15, 0.2) is 0 Å². The Labute approximate surface area is 207 Å². The summed E-state index contributed by atoms with van der Waals surface area (Å²) >= 11 is 0. The van der Waals surface area contributed by atoms with Crippen LogP contribution in [0.15, 0.2) is 79.0 Å². The molecule has 180 valence electrons. The van der Waals surface area contributed by atoms with Crippen LogP contribution in [0.3, 0.4) is 0 Å². The molecule has 35 heavy (non-hydrogen) atoms. The summed E-state index contributed by atoms with van der Waals surface area (Å²) in [6.45, 7) is 6.25. The van der Waals surface area contributed by atoms with Crippen molar-refractivity contribution in [1.29, 1.82) is 0 Å². The van der Waals surface area contributed by atoms with Gasteiger partial charge < -0.3 is 9.30 Å². The van der Waals surface area contributed by atoms with Gasteiger partial charge in [0.25, 0.3) is 0 Å². The second-order valence-electron chi connectivity index (χ2n) is 9.26. The first-order valence-corrected chi connectivity index (χ1v) is 12.5. The van der Waals surface area contributed by atoms with Crippen LogP contribution in [0.4, 0.5) is 4.39 Å². The third-order valence-corrected chi connectivity index (χ3v) is 6.55. The van der Waals surface area contributed by atoms with Crippen LogP contribution in [0.2, 0.25) is 0 Å². The van der Waals surface area contributed by atoms with Crippen molar-refractivity contribution in [3.63, 3.8) is 0 Å². The number of rotatable bonds is 10. The molecule has 4 aromatic rings. The molecule has 2 heterocycles. The van der Waals surface area contributed by atoms with E-state index in [1.807, 2.05) is 12.3 Å². The van der Waals surface area contributed by atoms with Crippen molar-refractivity contribution in [2.45, 2.75) is 52.4 Å². The number of nitrogens with zero attached hydrogens (tertiary/aromatic N) is 3. The van der Waals surface area contributed by atoms with Crippen molar-refractivity contribution in [2.75, 3.05) is 6.61 Å². The number of benzene rings is 3. The normalized spacial score (nSPS) is 12.7. The minimum absolute atomic E-state index is 0.236. The molecule has 0 amide bonds. The lowest BCUT2D eigenvalue weighted by atomic mass is 10.1. The predicted octanol–water partition coefficient (Wildman–Crippen LogP) is 6.63. The van der Waals surface area contributed by atoms with Gasteiger partial charge in [0, 0.05) is 38.2 Å². The smallest absolute Gasteiger partial charge is 0.140 e. The summed E-state index contributed by atoms with van der Waals surface area (Å²) in [7, 11) is 0. The van der Waals surface area contributed by atoms with E-state index in [2.05, 4.69) is 64.9 Å². The van der Waals surface area contributed by atoms with E-state index in [4.69, 9.17) is 9.72 Å². The topological polar surface area (TPSA) is 30.3 Å². The second-order valence-corrected chi connectivity index (χ2v) is 9.26. The maximum absolute atomic E-state index is 14.0.